The van der Waals surface area contributed by atoms with Gasteiger partial charge >= 0.3 is 0 Å². The Morgan fingerprint density at radius 1 is 1.44 bits per heavy atom. The molecule has 0 bridgehead atoms. The number of nitrogens with zero attached hydrogens (tertiary/aromatic N) is 1. The molecule has 0 spiro atoms. The van der Waals surface area contributed by atoms with E-state index in [1.165, 1.54) is 4.90 Å². The van der Waals surface area contributed by atoms with Gasteiger partial charge < -0.3 is 9.64 Å². The largest absolute Gasteiger partial charge is 0.480 e. The van der Waals surface area contributed by atoms with Crippen molar-refractivity contribution in [2.45, 2.75) is 20.0 Å². The van der Waals surface area contributed by atoms with Crippen molar-refractivity contribution in [1.82, 2.24) is 4.90 Å². The summed E-state index contributed by atoms with van der Waals surface area (Å²) in [6, 6.07) is 3.51. The Morgan fingerprint density at radius 3 is 2.56 bits per heavy atom. The number of likely N-dealkylation sites (N-methyl/N-ethyl adjacent to an activating group) is 1. The van der Waals surface area contributed by atoms with Crippen molar-refractivity contribution in [3.63, 3.8) is 0 Å². The van der Waals surface area contributed by atoms with Gasteiger partial charge in [0.05, 0.1) is 5.56 Å². The second-order valence-corrected chi connectivity index (χ2v) is 5.17. The smallest absolute Gasteiger partial charge is 0.262 e. The first kappa shape index (κ1) is 14.7. The molecule has 0 saturated carbocycles. The van der Waals surface area contributed by atoms with Crippen LogP contribution >= 0.6 is 15.9 Å². The normalized spacial score (nSPS) is 11.8. The van der Waals surface area contributed by atoms with Crippen molar-refractivity contribution < 1.29 is 14.3 Å². The zero-order valence-corrected chi connectivity index (χ0v) is 12.4. The second kappa shape index (κ2) is 6.00. The van der Waals surface area contributed by atoms with Gasteiger partial charge in [0, 0.05) is 18.6 Å². The van der Waals surface area contributed by atoms with Crippen LogP contribution in [0.4, 0.5) is 0 Å². The minimum atomic E-state index is -0.626. The van der Waals surface area contributed by atoms with E-state index in [0.717, 1.165) is 16.3 Å². The minimum absolute atomic E-state index is 0.144. The first-order chi connectivity index (χ1) is 8.36. The number of aldehydes is 1. The van der Waals surface area contributed by atoms with Crippen molar-refractivity contribution in [2.75, 3.05) is 14.1 Å². The Kier molecular flexibility index (Phi) is 4.90. The molecule has 1 amide bonds. The molecule has 18 heavy (non-hydrogen) atoms. The predicted molar refractivity (Wildman–Crippen MR) is 73.1 cm³/mol. The van der Waals surface area contributed by atoms with Crippen LogP contribution in [-0.4, -0.2) is 37.3 Å². The van der Waals surface area contributed by atoms with E-state index < -0.39 is 6.10 Å². The van der Waals surface area contributed by atoms with Crippen LogP contribution in [0.15, 0.2) is 16.6 Å². The molecule has 1 atom stereocenters. The van der Waals surface area contributed by atoms with E-state index in [4.69, 9.17) is 4.74 Å². The lowest BCUT2D eigenvalue weighted by Gasteiger charge is -2.20. The summed E-state index contributed by atoms with van der Waals surface area (Å²) >= 11 is 3.32. The van der Waals surface area contributed by atoms with E-state index in [0.29, 0.717) is 11.3 Å². The van der Waals surface area contributed by atoms with Crippen LogP contribution in [0.3, 0.4) is 0 Å². The molecule has 0 aromatic heterocycles. The van der Waals surface area contributed by atoms with Gasteiger partial charge in [-0.15, -0.1) is 0 Å². The van der Waals surface area contributed by atoms with E-state index in [-0.39, 0.29) is 5.91 Å². The van der Waals surface area contributed by atoms with E-state index in [2.05, 4.69) is 15.9 Å². The zero-order chi connectivity index (χ0) is 13.9. The van der Waals surface area contributed by atoms with Crippen molar-refractivity contribution in [3.8, 4) is 5.75 Å². The van der Waals surface area contributed by atoms with Gasteiger partial charge in [0.15, 0.2) is 12.4 Å². The maximum atomic E-state index is 11.7. The first-order valence-electron chi connectivity index (χ1n) is 5.50. The number of rotatable bonds is 4. The molecule has 1 aromatic carbocycles. The summed E-state index contributed by atoms with van der Waals surface area (Å²) in [5, 5.41) is 0. The molecule has 0 aliphatic rings. The van der Waals surface area contributed by atoms with E-state index in [1.54, 1.807) is 27.1 Å². The summed E-state index contributed by atoms with van der Waals surface area (Å²) in [4.78, 5) is 24.2. The van der Waals surface area contributed by atoms with Crippen LogP contribution in [0.1, 0.15) is 22.8 Å². The molecule has 0 aliphatic heterocycles. The maximum Gasteiger partial charge on any atom is 0.262 e. The molecule has 1 unspecified atom stereocenters. The highest BCUT2D eigenvalue weighted by molar-refractivity contribution is 9.10. The highest BCUT2D eigenvalue weighted by Gasteiger charge is 2.19. The van der Waals surface area contributed by atoms with Gasteiger partial charge in [-0.25, -0.2) is 0 Å². The molecule has 5 heteroatoms. The van der Waals surface area contributed by atoms with Gasteiger partial charge in [0.2, 0.25) is 0 Å². The Balaban J connectivity index is 3.04. The molecule has 1 rings (SSSR count). The zero-order valence-electron chi connectivity index (χ0n) is 10.9. The van der Waals surface area contributed by atoms with Gasteiger partial charge in [-0.2, -0.15) is 0 Å². The van der Waals surface area contributed by atoms with Crippen LogP contribution < -0.4 is 4.74 Å². The van der Waals surface area contributed by atoms with E-state index in [9.17, 15) is 9.59 Å². The lowest BCUT2D eigenvalue weighted by atomic mass is 10.1. The standard InChI is InChI=1S/C13H16BrNO3/c1-8-5-11(14)6-10(7-16)12(8)18-9(2)13(17)15(3)4/h5-7,9H,1-4H3. The summed E-state index contributed by atoms with van der Waals surface area (Å²) in [5.41, 5.74) is 1.24. The molecular weight excluding hydrogens is 298 g/mol. The molecular formula is C13H16BrNO3. The van der Waals surface area contributed by atoms with Crippen LogP contribution in [0, 0.1) is 6.92 Å². The molecule has 0 aliphatic carbocycles. The Hall–Kier alpha value is -1.36. The molecule has 0 heterocycles. The number of ether oxygens (including phenoxy) is 1. The molecule has 1 aromatic rings. The third-order valence-electron chi connectivity index (χ3n) is 2.48. The van der Waals surface area contributed by atoms with Crippen LogP contribution in [0.5, 0.6) is 5.75 Å². The van der Waals surface area contributed by atoms with Crippen molar-refractivity contribution >= 4 is 28.1 Å². The van der Waals surface area contributed by atoms with Crippen LogP contribution in [0.2, 0.25) is 0 Å². The Morgan fingerprint density at radius 2 is 2.06 bits per heavy atom. The molecule has 0 fully saturated rings. The van der Waals surface area contributed by atoms with Crippen LogP contribution in [-0.2, 0) is 4.79 Å². The number of amides is 1. The molecule has 0 N–H and O–H groups in total. The molecule has 4 nitrogen and oxygen atoms in total. The first-order valence-corrected chi connectivity index (χ1v) is 6.29. The van der Waals surface area contributed by atoms with Gasteiger partial charge in [-0.3, -0.25) is 9.59 Å². The van der Waals surface area contributed by atoms with Crippen molar-refractivity contribution in [3.05, 3.63) is 27.7 Å². The molecule has 0 saturated heterocycles. The Labute approximate surface area is 115 Å². The summed E-state index contributed by atoms with van der Waals surface area (Å²) in [6.07, 6.45) is 0.0959. The van der Waals surface area contributed by atoms with Gasteiger partial charge in [0.1, 0.15) is 5.75 Å². The SMILES string of the molecule is Cc1cc(Br)cc(C=O)c1OC(C)C(=O)N(C)C. The lowest BCUT2D eigenvalue weighted by Crippen LogP contribution is -2.35. The van der Waals surface area contributed by atoms with Gasteiger partial charge in [-0.1, -0.05) is 15.9 Å². The number of halogens is 1. The quantitative estimate of drug-likeness (QED) is 0.802. The fraction of sp³-hybridized carbons (Fsp3) is 0.385. The highest BCUT2D eigenvalue weighted by Crippen LogP contribution is 2.27. The second-order valence-electron chi connectivity index (χ2n) is 4.25. The number of aryl methyl sites for hydroxylation is 1. The van der Waals surface area contributed by atoms with Gasteiger partial charge in [0.25, 0.3) is 5.91 Å². The number of hydrogen-bond donors (Lipinski definition) is 0. The molecule has 0 radical (unpaired) electrons. The topological polar surface area (TPSA) is 46.6 Å². The lowest BCUT2D eigenvalue weighted by molar-refractivity contribution is -0.135. The number of benzene rings is 1. The number of carbonyl (C=O) groups is 2. The highest BCUT2D eigenvalue weighted by atomic mass is 79.9. The fourth-order valence-electron chi connectivity index (χ4n) is 1.60. The summed E-state index contributed by atoms with van der Waals surface area (Å²) in [7, 11) is 3.33. The summed E-state index contributed by atoms with van der Waals surface area (Å²) < 4.78 is 6.41. The Bertz CT molecular complexity index is 472. The van der Waals surface area contributed by atoms with Crippen LogP contribution in [0.25, 0.3) is 0 Å². The van der Waals surface area contributed by atoms with E-state index in [1.807, 2.05) is 13.0 Å². The monoisotopic (exact) mass is 313 g/mol. The van der Waals surface area contributed by atoms with Crippen molar-refractivity contribution in [1.29, 1.82) is 0 Å². The average molecular weight is 314 g/mol. The third-order valence-corrected chi connectivity index (χ3v) is 2.94. The number of hydrogen-bond acceptors (Lipinski definition) is 3. The van der Waals surface area contributed by atoms with E-state index >= 15 is 0 Å². The maximum absolute atomic E-state index is 11.7. The van der Waals surface area contributed by atoms with Crippen molar-refractivity contribution in [2.24, 2.45) is 0 Å². The van der Waals surface area contributed by atoms with Gasteiger partial charge in [-0.05, 0) is 31.5 Å². The fourth-order valence-corrected chi connectivity index (χ4v) is 2.19. The third kappa shape index (κ3) is 3.32. The summed E-state index contributed by atoms with van der Waals surface area (Å²) in [6.45, 7) is 3.50. The average Bonchev–Trinajstić information content (AvgIpc) is 2.30. The predicted octanol–water partition coefficient (Wildman–Crippen LogP) is 2.43. The summed E-state index contributed by atoms with van der Waals surface area (Å²) in [5.74, 6) is 0.310. The molecule has 98 valence electrons. The number of carbonyl (C=O) groups excluding carboxylic acids is 2. The minimum Gasteiger partial charge on any atom is -0.480 e.